The van der Waals surface area contributed by atoms with Crippen molar-refractivity contribution in [3.05, 3.63) is 23.8 Å². The zero-order valence-corrected chi connectivity index (χ0v) is 10.4. The predicted octanol–water partition coefficient (Wildman–Crippen LogP) is 2.98. The Kier molecular flexibility index (Phi) is 3.89. The third kappa shape index (κ3) is 2.72. The normalized spacial score (nSPS) is 18.9. The second kappa shape index (κ2) is 5.41. The SMILES string of the molecule is COc1ccc([C@H](N)C2CCCCC2)cc1O. The van der Waals surface area contributed by atoms with Crippen LogP contribution in [0.5, 0.6) is 11.5 Å². The molecule has 0 spiro atoms. The molecule has 1 aliphatic carbocycles. The Morgan fingerprint density at radius 1 is 1.29 bits per heavy atom. The third-order valence-electron chi connectivity index (χ3n) is 3.75. The van der Waals surface area contributed by atoms with E-state index >= 15 is 0 Å². The van der Waals surface area contributed by atoms with Gasteiger partial charge >= 0.3 is 0 Å². The minimum atomic E-state index is 0.0344. The van der Waals surface area contributed by atoms with E-state index in [1.807, 2.05) is 6.07 Å². The van der Waals surface area contributed by atoms with Gasteiger partial charge in [0.25, 0.3) is 0 Å². The molecular formula is C14H21NO2. The molecule has 0 unspecified atom stereocenters. The molecule has 3 nitrogen and oxygen atoms in total. The summed E-state index contributed by atoms with van der Waals surface area (Å²) in [6, 6.07) is 5.51. The number of nitrogens with two attached hydrogens (primary N) is 1. The lowest BCUT2D eigenvalue weighted by molar-refractivity contribution is 0.307. The molecule has 3 N–H and O–H groups in total. The second-order valence-corrected chi connectivity index (χ2v) is 4.86. The topological polar surface area (TPSA) is 55.5 Å². The highest BCUT2D eigenvalue weighted by molar-refractivity contribution is 5.42. The van der Waals surface area contributed by atoms with Gasteiger partial charge in [-0.2, -0.15) is 0 Å². The van der Waals surface area contributed by atoms with Crippen molar-refractivity contribution in [2.45, 2.75) is 38.1 Å². The molecule has 94 valence electrons. The van der Waals surface area contributed by atoms with Crippen molar-refractivity contribution < 1.29 is 9.84 Å². The molecule has 0 aromatic heterocycles. The molecule has 0 saturated heterocycles. The Hall–Kier alpha value is -1.22. The Morgan fingerprint density at radius 3 is 2.59 bits per heavy atom. The maximum absolute atomic E-state index is 9.76. The molecule has 0 heterocycles. The number of phenolic OH excluding ortho intramolecular Hbond substituents is 1. The summed E-state index contributed by atoms with van der Waals surface area (Å²) >= 11 is 0. The summed E-state index contributed by atoms with van der Waals surface area (Å²) in [7, 11) is 1.55. The van der Waals surface area contributed by atoms with E-state index in [0.717, 1.165) is 5.56 Å². The fourth-order valence-electron chi connectivity index (χ4n) is 2.68. The molecule has 0 bridgehead atoms. The summed E-state index contributed by atoms with van der Waals surface area (Å²) in [4.78, 5) is 0. The van der Waals surface area contributed by atoms with Gasteiger partial charge < -0.3 is 15.6 Å². The first-order valence-electron chi connectivity index (χ1n) is 6.35. The number of hydrogen-bond donors (Lipinski definition) is 2. The Bertz CT molecular complexity index is 372. The summed E-state index contributed by atoms with van der Waals surface area (Å²) in [6.45, 7) is 0. The van der Waals surface area contributed by atoms with E-state index < -0.39 is 0 Å². The first-order chi connectivity index (χ1) is 8.22. The van der Waals surface area contributed by atoms with Gasteiger partial charge in [0.05, 0.1) is 7.11 Å². The van der Waals surface area contributed by atoms with Crippen LogP contribution in [0.2, 0.25) is 0 Å². The van der Waals surface area contributed by atoms with Crippen LogP contribution in [0.15, 0.2) is 18.2 Å². The predicted molar refractivity (Wildman–Crippen MR) is 68.2 cm³/mol. The zero-order chi connectivity index (χ0) is 12.3. The molecule has 2 rings (SSSR count). The maximum Gasteiger partial charge on any atom is 0.160 e. The van der Waals surface area contributed by atoms with Crippen LogP contribution in [0.4, 0.5) is 0 Å². The summed E-state index contributed by atoms with van der Waals surface area (Å²) < 4.78 is 5.03. The fourth-order valence-corrected chi connectivity index (χ4v) is 2.68. The number of rotatable bonds is 3. The van der Waals surface area contributed by atoms with Gasteiger partial charge in [-0.3, -0.25) is 0 Å². The van der Waals surface area contributed by atoms with Gasteiger partial charge in [-0.05, 0) is 36.5 Å². The Morgan fingerprint density at radius 2 is 2.00 bits per heavy atom. The number of benzene rings is 1. The largest absolute Gasteiger partial charge is 0.504 e. The van der Waals surface area contributed by atoms with Crippen LogP contribution in [-0.2, 0) is 0 Å². The van der Waals surface area contributed by atoms with Crippen molar-refractivity contribution in [1.82, 2.24) is 0 Å². The number of phenols is 1. The monoisotopic (exact) mass is 235 g/mol. The van der Waals surface area contributed by atoms with Crippen LogP contribution < -0.4 is 10.5 Å². The second-order valence-electron chi connectivity index (χ2n) is 4.86. The summed E-state index contributed by atoms with van der Waals surface area (Å²) in [6.07, 6.45) is 6.29. The van der Waals surface area contributed by atoms with Crippen LogP contribution in [0.1, 0.15) is 43.7 Å². The van der Waals surface area contributed by atoms with E-state index in [4.69, 9.17) is 10.5 Å². The molecule has 0 aliphatic heterocycles. The van der Waals surface area contributed by atoms with Crippen LogP contribution in [0.25, 0.3) is 0 Å². The first-order valence-corrected chi connectivity index (χ1v) is 6.35. The lowest BCUT2D eigenvalue weighted by Crippen LogP contribution is -2.23. The van der Waals surface area contributed by atoms with E-state index in [1.54, 1.807) is 19.2 Å². The van der Waals surface area contributed by atoms with E-state index in [-0.39, 0.29) is 11.8 Å². The van der Waals surface area contributed by atoms with Crippen molar-refractivity contribution in [1.29, 1.82) is 0 Å². The van der Waals surface area contributed by atoms with Gasteiger partial charge in [0.15, 0.2) is 11.5 Å². The zero-order valence-electron chi connectivity index (χ0n) is 10.4. The molecule has 1 aromatic rings. The van der Waals surface area contributed by atoms with E-state index in [2.05, 4.69) is 0 Å². The lowest BCUT2D eigenvalue weighted by atomic mass is 9.81. The molecule has 1 saturated carbocycles. The Balaban J connectivity index is 2.12. The highest BCUT2D eigenvalue weighted by atomic mass is 16.5. The van der Waals surface area contributed by atoms with Crippen molar-refractivity contribution in [2.24, 2.45) is 11.7 Å². The average molecular weight is 235 g/mol. The quantitative estimate of drug-likeness (QED) is 0.846. The summed E-state index contributed by atoms with van der Waals surface area (Å²) in [5, 5.41) is 9.76. The van der Waals surface area contributed by atoms with Crippen molar-refractivity contribution in [3.63, 3.8) is 0 Å². The van der Waals surface area contributed by atoms with E-state index in [9.17, 15) is 5.11 Å². The van der Waals surface area contributed by atoms with Gasteiger partial charge in [-0.15, -0.1) is 0 Å². The summed E-state index contributed by atoms with van der Waals surface area (Å²) in [5.41, 5.74) is 7.29. The highest BCUT2D eigenvalue weighted by Gasteiger charge is 2.22. The maximum atomic E-state index is 9.76. The molecule has 0 radical (unpaired) electrons. The summed E-state index contributed by atoms with van der Waals surface area (Å²) in [5.74, 6) is 1.23. The number of ether oxygens (including phenoxy) is 1. The number of aromatic hydroxyl groups is 1. The smallest absolute Gasteiger partial charge is 0.160 e. The van der Waals surface area contributed by atoms with Gasteiger partial charge in [0.2, 0.25) is 0 Å². The van der Waals surface area contributed by atoms with Gasteiger partial charge in [-0.25, -0.2) is 0 Å². The van der Waals surface area contributed by atoms with Crippen LogP contribution in [0.3, 0.4) is 0 Å². The lowest BCUT2D eigenvalue weighted by Gasteiger charge is -2.27. The molecule has 1 fully saturated rings. The molecule has 0 amide bonds. The average Bonchev–Trinajstić information content (AvgIpc) is 2.39. The Labute approximate surface area is 103 Å². The highest BCUT2D eigenvalue weighted by Crippen LogP contribution is 2.35. The molecule has 1 aromatic carbocycles. The van der Waals surface area contributed by atoms with Crippen LogP contribution >= 0.6 is 0 Å². The van der Waals surface area contributed by atoms with E-state index in [1.165, 1.54) is 32.1 Å². The van der Waals surface area contributed by atoms with Gasteiger partial charge in [-0.1, -0.05) is 25.3 Å². The minimum Gasteiger partial charge on any atom is -0.504 e. The number of methoxy groups -OCH3 is 1. The van der Waals surface area contributed by atoms with Crippen molar-refractivity contribution in [3.8, 4) is 11.5 Å². The standard InChI is InChI=1S/C14H21NO2/c1-17-13-8-7-11(9-12(13)16)14(15)10-5-3-2-4-6-10/h7-10,14,16H,2-6,15H2,1H3/t14-/m1/s1. The van der Waals surface area contributed by atoms with Crippen LogP contribution in [-0.4, -0.2) is 12.2 Å². The molecule has 1 atom stereocenters. The first kappa shape index (κ1) is 12.2. The minimum absolute atomic E-state index is 0.0344. The molecule has 1 aliphatic rings. The third-order valence-corrected chi connectivity index (χ3v) is 3.75. The van der Waals surface area contributed by atoms with Crippen molar-refractivity contribution >= 4 is 0 Å². The van der Waals surface area contributed by atoms with E-state index in [0.29, 0.717) is 11.7 Å². The molecule has 3 heteroatoms. The van der Waals surface area contributed by atoms with Crippen molar-refractivity contribution in [2.75, 3.05) is 7.11 Å². The van der Waals surface area contributed by atoms with Gasteiger partial charge in [0.1, 0.15) is 0 Å². The fraction of sp³-hybridized carbons (Fsp3) is 0.571. The number of hydrogen-bond acceptors (Lipinski definition) is 3. The molecule has 17 heavy (non-hydrogen) atoms. The molecular weight excluding hydrogens is 214 g/mol. The van der Waals surface area contributed by atoms with Gasteiger partial charge in [0, 0.05) is 6.04 Å². The van der Waals surface area contributed by atoms with Crippen LogP contribution in [0, 0.1) is 5.92 Å².